The SMILES string of the molecule is CN1C=CN(c2cc(N3C=CN(C)C3)c(N3CN(C)c4ccccc43)cc2Oc2cc(N3CN(C)c4ccccc43)c(N3C=CN(C)C3)cc2N2C=CN(C)C2)C1. The van der Waals surface area contributed by atoms with E-state index in [9.17, 15) is 0 Å². The van der Waals surface area contributed by atoms with Crippen molar-refractivity contribution in [2.75, 3.05) is 121 Å². The standard InChI is InChI=1S/C44H50N12O/c1-45-15-19-51(27-45)37-23-41(53-21-17-47(3)29-53)43(25-39(37)55-31-49(5)33-11-7-9-13-35(33)55)57-44-26-40(56-32-50(6)34-12-8-10-14-36(34)56)38(52-20-16-46(2)28-52)24-42(44)54-22-18-48(4)30-54/h7-26H,27-32H2,1-6H3. The lowest BCUT2D eigenvalue weighted by Gasteiger charge is -2.32. The molecule has 0 spiro atoms. The molecule has 13 nitrogen and oxygen atoms in total. The van der Waals surface area contributed by atoms with Crippen molar-refractivity contribution in [3.8, 4) is 11.5 Å². The predicted molar refractivity (Wildman–Crippen MR) is 234 cm³/mol. The van der Waals surface area contributed by atoms with Crippen LogP contribution in [-0.2, 0) is 0 Å². The van der Waals surface area contributed by atoms with Crippen LogP contribution < -0.4 is 43.9 Å². The Morgan fingerprint density at radius 2 is 0.667 bits per heavy atom. The normalized spacial score (nSPS) is 18.3. The first-order valence-corrected chi connectivity index (χ1v) is 19.5. The maximum Gasteiger partial charge on any atom is 0.153 e. The molecule has 0 aliphatic carbocycles. The van der Waals surface area contributed by atoms with Gasteiger partial charge in [0.05, 0.1) is 96.9 Å². The van der Waals surface area contributed by atoms with Crippen LogP contribution in [-0.4, -0.2) is 102 Å². The number of fused-ring (bicyclic) bond motifs is 2. The second-order valence-corrected chi connectivity index (χ2v) is 15.9. The van der Waals surface area contributed by atoms with Crippen molar-refractivity contribution in [2.45, 2.75) is 0 Å². The van der Waals surface area contributed by atoms with Crippen LogP contribution >= 0.6 is 0 Å². The Morgan fingerprint density at radius 3 is 1.00 bits per heavy atom. The van der Waals surface area contributed by atoms with Crippen molar-refractivity contribution in [2.24, 2.45) is 0 Å². The lowest BCUT2D eigenvalue weighted by atomic mass is 10.1. The molecule has 0 aromatic heterocycles. The summed E-state index contributed by atoms with van der Waals surface area (Å²) < 4.78 is 7.48. The molecule has 0 unspecified atom stereocenters. The summed E-state index contributed by atoms with van der Waals surface area (Å²) in [6, 6.07) is 26.5. The molecule has 6 aliphatic heterocycles. The zero-order chi connectivity index (χ0) is 38.9. The van der Waals surface area contributed by atoms with Crippen LogP contribution in [0.1, 0.15) is 0 Å². The third-order valence-corrected chi connectivity index (χ3v) is 11.5. The van der Waals surface area contributed by atoms with Gasteiger partial charge in [-0.1, -0.05) is 24.3 Å². The zero-order valence-corrected chi connectivity index (χ0v) is 33.6. The highest BCUT2D eigenvalue weighted by Crippen LogP contribution is 2.53. The molecule has 292 valence electrons. The average molecular weight is 763 g/mol. The summed E-state index contributed by atoms with van der Waals surface area (Å²) in [5, 5.41) is 0. The quantitative estimate of drug-likeness (QED) is 0.181. The third kappa shape index (κ3) is 6.01. The minimum absolute atomic E-state index is 0.711. The van der Waals surface area contributed by atoms with Crippen molar-refractivity contribution in [3.05, 3.63) is 122 Å². The van der Waals surface area contributed by atoms with E-state index in [1.165, 1.54) is 22.7 Å². The van der Waals surface area contributed by atoms with E-state index >= 15 is 0 Å². The molecule has 6 heterocycles. The van der Waals surface area contributed by atoms with Gasteiger partial charge in [0.2, 0.25) is 0 Å². The first kappa shape index (κ1) is 34.7. The number of nitrogens with zero attached hydrogens (tertiary/aromatic N) is 12. The molecule has 13 heteroatoms. The number of para-hydroxylation sites is 4. The fourth-order valence-corrected chi connectivity index (χ4v) is 8.63. The molecule has 0 bridgehead atoms. The van der Waals surface area contributed by atoms with Crippen LogP contribution in [0.3, 0.4) is 0 Å². The van der Waals surface area contributed by atoms with Gasteiger partial charge in [-0.15, -0.1) is 0 Å². The minimum Gasteiger partial charge on any atom is -0.453 e. The first-order valence-electron chi connectivity index (χ1n) is 19.5. The summed E-state index contributed by atoms with van der Waals surface area (Å²) in [7, 11) is 12.8. The molecule has 4 aromatic rings. The molecule has 0 amide bonds. The lowest BCUT2D eigenvalue weighted by Crippen LogP contribution is -2.29. The molecule has 0 atom stereocenters. The van der Waals surface area contributed by atoms with E-state index in [-0.39, 0.29) is 0 Å². The highest BCUT2D eigenvalue weighted by Gasteiger charge is 2.34. The second kappa shape index (κ2) is 13.5. The smallest absolute Gasteiger partial charge is 0.153 e. The summed E-state index contributed by atoms with van der Waals surface area (Å²) in [6.07, 6.45) is 17.2. The highest BCUT2D eigenvalue weighted by molar-refractivity contribution is 5.93. The van der Waals surface area contributed by atoms with E-state index in [1.54, 1.807) is 0 Å². The molecule has 0 N–H and O–H groups in total. The Kier molecular flexibility index (Phi) is 8.20. The Labute approximate surface area is 335 Å². The van der Waals surface area contributed by atoms with E-state index in [0.29, 0.717) is 13.3 Å². The topological polar surface area (TPSA) is 48.1 Å². The fourth-order valence-electron chi connectivity index (χ4n) is 8.63. The molecule has 0 radical (unpaired) electrons. The number of hydrogen-bond acceptors (Lipinski definition) is 13. The minimum atomic E-state index is 0.711. The van der Waals surface area contributed by atoms with E-state index in [2.05, 4.69) is 223 Å². The van der Waals surface area contributed by atoms with Crippen molar-refractivity contribution in [1.29, 1.82) is 0 Å². The van der Waals surface area contributed by atoms with E-state index in [4.69, 9.17) is 4.74 Å². The molecule has 0 saturated heterocycles. The molecule has 0 fully saturated rings. The predicted octanol–water partition coefficient (Wildman–Crippen LogP) is 7.29. The Hall–Kier alpha value is -6.76. The van der Waals surface area contributed by atoms with E-state index < -0.39 is 0 Å². The summed E-state index contributed by atoms with van der Waals surface area (Å²) in [5.74, 6) is 1.57. The summed E-state index contributed by atoms with van der Waals surface area (Å²) >= 11 is 0. The van der Waals surface area contributed by atoms with E-state index in [0.717, 1.165) is 72.3 Å². The van der Waals surface area contributed by atoms with Gasteiger partial charge in [-0.2, -0.15) is 0 Å². The van der Waals surface area contributed by atoms with Gasteiger partial charge in [0.15, 0.2) is 11.5 Å². The van der Waals surface area contributed by atoms with Crippen LogP contribution in [0.2, 0.25) is 0 Å². The maximum atomic E-state index is 7.48. The molecular formula is C44H50N12O. The molecule has 6 aliphatic rings. The van der Waals surface area contributed by atoms with Crippen molar-refractivity contribution in [1.82, 2.24) is 19.6 Å². The average Bonchev–Trinajstić information content (AvgIpc) is 4.09. The second-order valence-electron chi connectivity index (χ2n) is 15.9. The highest BCUT2D eigenvalue weighted by atomic mass is 16.5. The van der Waals surface area contributed by atoms with Gasteiger partial charge in [-0.25, -0.2) is 0 Å². The van der Waals surface area contributed by atoms with Gasteiger partial charge >= 0.3 is 0 Å². The third-order valence-electron chi connectivity index (χ3n) is 11.5. The maximum absolute atomic E-state index is 7.48. The fraction of sp³-hybridized carbons (Fsp3) is 0.273. The molecule has 4 aromatic carbocycles. The van der Waals surface area contributed by atoms with Crippen molar-refractivity contribution < 1.29 is 4.74 Å². The van der Waals surface area contributed by atoms with Gasteiger partial charge in [0.1, 0.15) is 0 Å². The van der Waals surface area contributed by atoms with Gasteiger partial charge in [-0.3, -0.25) is 0 Å². The van der Waals surface area contributed by atoms with Crippen LogP contribution in [0.25, 0.3) is 0 Å². The lowest BCUT2D eigenvalue weighted by molar-refractivity contribution is 0.466. The Balaban J connectivity index is 1.17. The molecule has 0 saturated carbocycles. The van der Waals surface area contributed by atoms with Crippen molar-refractivity contribution >= 4 is 56.9 Å². The Bertz CT molecular complexity index is 2180. The largest absolute Gasteiger partial charge is 0.453 e. The van der Waals surface area contributed by atoms with Gasteiger partial charge in [0.25, 0.3) is 0 Å². The summed E-state index contributed by atoms with van der Waals surface area (Å²) in [4.78, 5) is 27.5. The number of benzene rings is 4. The van der Waals surface area contributed by atoms with Crippen molar-refractivity contribution in [3.63, 3.8) is 0 Å². The van der Waals surface area contributed by atoms with Crippen LogP contribution in [0, 0.1) is 0 Å². The number of rotatable bonds is 8. The Morgan fingerprint density at radius 1 is 0.333 bits per heavy atom. The van der Waals surface area contributed by atoms with Crippen LogP contribution in [0.15, 0.2) is 122 Å². The van der Waals surface area contributed by atoms with Gasteiger partial charge in [0, 0.05) is 104 Å². The first-order chi connectivity index (χ1) is 27.7. The summed E-state index contributed by atoms with van der Waals surface area (Å²) in [6.45, 7) is 4.37. The van der Waals surface area contributed by atoms with Gasteiger partial charge in [-0.05, 0) is 36.4 Å². The zero-order valence-electron chi connectivity index (χ0n) is 33.6. The van der Waals surface area contributed by atoms with E-state index in [1.807, 2.05) is 0 Å². The van der Waals surface area contributed by atoms with Gasteiger partial charge < -0.3 is 63.5 Å². The van der Waals surface area contributed by atoms with Crippen LogP contribution in [0.4, 0.5) is 56.9 Å². The number of ether oxygens (including phenoxy) is 1. The number of hydrogen-bond donors (Lipinski definition) is 0. The molecular weight excluding hydrogens is 713 g/mol. The van der Waals surface area contributed by atoms with Crippen LogP contribution in [0.5, 0.6) is 11.5 Å². The molecule has 57 heavy (non-hydrogen) atoms. The number of anilines is 10. The summed E-state index contributed by atoms with van der Waals surface area (Å²) in [5.41, 5.74) is 11.2. The monoisotopic (exact) mass is 762 g/mol. The molecule has 10 rings (SSSR count).